The minimum atomic E-state index is 0.352. The van der Waals surface area contributed by atoms with Gasteiger partial charge in [0.25, 0.3) is 0 Å². The largest absolute Gasteiger partial charge is 0.305 e. The SMILES string of the molecule is CCc1nc2n(n1)CC(NCc1nnnn1-c1ccccc1)CC2. The average molecular weight is 324 g/mol. The summed E-state index contributed by atoms with van der Waals surface area (Å²) in [4.78, 5) is 4.56. The number of benzene rings is 1. The highest BCUT2D eigenvalue weighted by molar-refractivity contribution is 5.30. The van der Waals surface area contributed by atoms with Crippen LogP contribution in [0.3, 0.4) is 0 Å². The van der Waals surface area contributed by atoms with E-state index in [2.05, 4.69) is 37.8 Å². The zero-order valence-corrected chi connectivity index (χ0v) is 13.6. The molecule has 1 aliphatic heterocycles. The maximum absolute atomic E-state index is 4.56. The number of hydrogen-bond donors (Lipinski definition) is 1. The summed E-state index contributed by atoms with van der Waals surface area (Å²) in [5.41, 5.74) is 0.967. The first-order chi connectivity index (χ1) is 11.8. The van der Waals surface area contributed by atoms with E-state index in [1.54, 1.807) is 4.68 Å². The molecule has 0 radical (unpaired) electrons. The van der Waals surface area contributed by atoms with Crippen LogP contribution in [0, 0.1) is 0 Å². The van der Waals surface area contributed by atoms with E-state index in [-0.39, 0.29) is 0 Å². The molecule has 1 aliphatic rings. The predicted octanol–water partition coefficient (Wildman–Crippen LogP) is 0.921. The summed E-state index contributed by atoms with van der Waals surface area (Å²) in [7, 11) is 0. The van der Waals surface area contributed by atoms with Crippen LogP contribution in [-0.4, -0.2) is 41.0 Å². The topological polar surface area (TPSA) is 86.3 Å². The number of tetrazole rings is 1. The minimum absolute atomic E-state index is 0.352. The summed E-state index contributed by atoms with van der Waals surface area (Å²) >= 11 is 0. The van der Waals surface area contributed by atoms with Crippen LogP contribution < -0.4 is 5.32 Å². The van der Waals surface area contributed by atoms with E-state index in [1.165, 1.54) is 0 Å². The van der Waals surface area contributed by atoms with Gasteiger partial charge in [0.1, 0.15) is 5.82 Å². The van der Waals surface area contributed by atoms with Gasteiger partial charge in [0, 0.05) is 18.9 Å². The van der Waals surface area contributed by atoms with Crippen molar-refractivity contribution in [2.75, 3.05) is 0 Å². The highest BCUT2D eigenvalue weighted by atomic mass is 15.5. The van der Waals surface area contributed by atoms with Crippen LogP contribution in [-0.2, 0) is 25.9 Å². The van der Waals surface area contributed by atoms with Gasteiger partial charge in [-0.1, -0.05) is 25.1 Å². The van der Waals surface area contributed by atoms with Gasteiger partial charge in [-0.15, -0.1) is 5.10 Å². The number of aromatic nitrogens is 7. The van der Waals surface area contributed by atoms with E-state index in [4.69, 9.17) is 0 Å². The highest BCUT2D eigenvalue weighted by Gasteiger charge is 2.21. The van der Waals surface area contributed by atoms with E-state index < -0.39 is 0 Å². The van der Waals surface area contributed by atoms with Gasteiger partial charge in [0.2, 0.25) is 0 Å². The zero-order valence-electron chi connectivity index (χ0n) is 13.6. The van der Waals surface area contributed by atoms with Crippen LogP contribution in [0.1, 0.15) is 30.8 Å². The first-order valence-electron chi connectivity index (χ1n) is 8.32. The maximum Gasteiger partial charge on any atom is 0.170 e. The number of rotatable bonds is 5. The van der Waals surface area contributed by atoms with Gasteiger partial charge in [-0.25, -0.2) is 9.67 Å². The third-order valence-corrected chi connectivity index (χ3v) is 4.30. The van der Waals surface area contributed by atoms with Crippen molar-refractivity contribution in [3.8, 4) is 5.69 Å². The molecular formula is C16H20N8. The number of hydrogen-bond acceptors (Lipinski definition) is 6. The Morgan fingerprint density at radius 1 is 1.25 bits per heavy atom. The van der Waals surface area contributed by atoms with Crippen molar-refractivity contribution in [3.63, 3.8) is 0 Å². The molecular weight excluding hydrogens is 304 g/mol. The molecule has 0 amide bonds. The van der Waals surface area contributed by atoms with Crippen LogP contribution in [0.2, 0.25) is 0 Å². The Balaban J connectivity index is 1.42. The summed E-state index contributed by atoms with van der Waals surface area (Å²) in [6, 6.07) is 10.3. The first kappa shape index (κ1) is 14.9. The summed E-state index contributed by atoms with van der Waals surface area (Å²) < 4.78 is 3.80. The maximum atomic E-state index is 4.56. The summed E-state index contributed by atoms with van der Waals surface area (Å²) in [6.45, 7) is 3.55. The quantitative estimate of drug-likeness (QED) is 0.751. The van der Waals surface area contributed by atoms with Gasteiger partial charge in [0.05, 0.1) is 18.8 Å². The molecule has 4 rings (SSSR count). The third kappa shape index (κ3) is 2.92. The molecule has 3 heterocycles. The van der Waals surface area contributed by atoms with Gasteiger partial charge in [-0.2, -0.15) is 9.78 Å². The lowest BCUT2D eigenvalue weighted by Crippen LogP contribution is -2.38. The van der Waals surface area contributed by atoms with E-state index in [9.17, 15) is 0 Å². The molecule has 3 aromatic rings. The lowest BCUT2D eigenvalue weighted by atomic mass is 10.1. The molecule has 0 fully saturated rings. The monoisotopic (exact) mass is 324 g/mol. The van der Waals surface area contributed by atoms with Crippen molar-refractivity contribution < 1.29 is 0 Å². The fourth-order valence-electron chi connectivity index (χ4n) is 3.00. The van der Waals surface area contributed by atoms with Crippen molar-refractivity contribution in [2.24, 2.45) is 0 Å². The lowest BCUT2D eigenvalue weighted by molar-refractivity contribution is 0.353. The van der Waals surface area contributed by atoms with E-state index >= 15 is 0 Å². The Kier molecular flexibility index (Phi) is 4.04. The molecule has 1 aromatic carbocycles. The van der Waals surface area contributed by atoms with E-state index in [0.29, 0.717) is 12.6 Å². The molecule has 1 N–H and O–H groups in total. The predicted molar refractivity (Wildman–Crippen MR) is 87.5 cm³/mol. The molecule has 1 atom stereocenters. The Morgan fingerprint density at radius 3 is 2.96 bits per heavy atom. The van der Waals surface area contributed by atoms with Gasteiger partial charge < -0.3 is 5.32 Å². The zero-order chi connectivity index (χ0) is 16.4. The van der Waals surface area contributed by atoms with Gasteiger partial charge in [-0.3, -0.25) is 0 Å². The number of nitrogens with one attached hydrogen (secondary N) is 1. The van der Waals surface area contributed by atoms with Crippen LogP contribution in [0.4, 0.5) is 0 Å². The molecule has 0 aliphatic carbocycles. The number of aryl methyl sites for hydroxylation is 2. The molecule has 0 saturated heterocycles. The standard InChI is InChI=1S/C16H20N8/c1-2-14-18-15-9-8-12(11-23(15)20-14)17-10-16-19-21-22-24(16)13-6-4-3-5-7-13/h3-7,12,17H,2,8-11H2,1H3. The Labute approximate surface area is 139 Å². The molecule has 0 bridgehead atoms. The second-order valence-electron chi connectivity index (χ2n) is 5.94. The van der Waals surface area contributed by atoms with Crippen LogP contribution in [0.5, 0.6) is 0 Å². The minimum Gasteiger partial charge on any atom is -0.305 e. The Hall–Kier alpha value is -2.61. The summed E-state index contributed by atoms with van der Waals surface area (Å²) in [5.74, 6) is 2.83. The van der Waals surface area contributed by atoms with Gasteiger partial charge in [0.15, 0.2) is 11.6 Å². The van der Waals surface area contributed by atoms with Crippen molar-refractivity contribution in [1.82, 2.24) is 40.3 Å². The average Bonchev–Trinajstić information content (AvgIpc) is 3.26. The Bertz CT molecular complexity index is 807. The number of nitrogens with zero attached hydrogens (tertiary/aromatic N) is 7. The van der Waals surface area contributed by atoms with Crippen molar-refractivity contribution >= 4 is 0 Å². The number of para-hydroxylation sites is 1. The lowest BCUT2D eigenvalue weighted by Gasteiger charge is -2.23. The smallest absolute Gasteiger partial charge is 0.170 e. The van der Waals surface area contributed by atoms with Gasteiger partial charge >= 0.3 is 0 Å². The fraction of sp³-hybridized carbons (Fsp3) is 0.438. The van der Waals surface area contributed by atoms with Crippen molar-refractivity contribution in [3.05, 3.63) is 47.8 Å². The second kappa shape index (κ2) is 6.48. The van der Waals surface area contributed by atoms with Crippen LogP contribution in [0.15, 0.2) is 30.3 Å². The summed E-state index contributed by atoms with van der Waals surface area (Å²) in [6.07, 6.45) is 2.88. The Morgan fingerprint density at radius 2 is 2.12 bits per heavy atom. The molecule has 1 unspecified atom stereocenters. The first-order valence-corrected chi connectivity index (χ1v) is 8.32. The normalized spacial score (nSPS) is 17.0. The van der Waals surface area contributed by atoms with Crippen LogP contribution in [0.25, 0.3) is 5.69 Å². The van der Waals surface area contributed by atoms with Crippen molar-refractivity contribution in [1.29, 1.82) is 0 Å². The molecule has 124 valence electrons. The van der Waals surface area contributed by atoms with E-state index in [0.717, 1.165) is 49.0 Å². The molecule has 8 heteroatoms. The number of fused-ring (bicyclic) bond motifs is 1. The molecule has 8 nitrogen and oxygen atoms in total. The molecule has 24 heavy (non-hydrogen) atoms. The second-order valence-corrected chi connectivity index (χ2v) is 5.94. The third-order valence-electron chi connectivity index (χ3n) is 4.30. The molecule has 0 spiro atoms. The molecule has 2 aromatic heterocycles. The summed E-state index contributed by atoms with van der Waals surface area (Å²) in [5, 5.41) is 20.1. The van der Waals surface area contributed by atoms with E-state index in [1.807, 2.05) is 35.0 Å². The fourth-order valence-corrected chi connectivity index (χ4v) is 3.00. The molecule has 0 saturated carbocycles. The van der Waals surface area contributed by atoms with Gasteiger partial charge in [-0.05, 0) is 29.0 Å². The highest BCUT2D eigenvalue weighted by Crippen LogP contribution is 2.14. The van der Waals surface area contributed by atoms with Crippen molar-refractivity contribution in [2.45, 2.75) is 45.3 Å². The van der Waals surface area contributed by atoms with Crippen LogP contribution >= 0.6 is 0 Å².